The number of nitrogens with zero attached hydrogens (tertiary/aromatic N) is 2. The Morgan fingerprint density at radius 3 is 2.57 bits per heavy atom. The van der Waals surface area contributed by atoms with Gasteiger partial charge in [0.1, 0.15) is 4.88 Å². The minimum absolute atomic E-state index is 0.0305. The molecule has 30 heavy (non-hydrogen) atoms. The number of fused-ring (bicyclic) bond motifs is 1. The fraction of sp³-hybridized carbons (Fsp3) is 0.0476. The smallest absolute Gasteiger partial charge is 0.360 e. The zero-order chi connectivity index (χ0) is 20.9. The van der Waals surface area contributed by atoms with E-state index in [0.717, 1.165) is 10.9 Å². The molecule has 150 valence electrons. The van der Waals surface area contributed by atoms with E-state index in [2.05, 4.69) is 15.1 Å². The number of hydrogen-bond acceptors (Lipinski definition) is 4. The van der Waals surface area contributed by atoms with Crippen molar-refractivity contribution in [2.45, 2.75) is 6.18 Å². The fourth-order valence-corrected chi connectivity index (χ4v) is 4.39. The molecule has 0 unspecified atom stereocenters. The first kappa shape index (κ1) is 18.9. The number of rotatable bonds is 3. The van der Waals surface area contributed by atoms with E-state index >= 15 is 0 Å². The second-order valence-electron chi connectivity index (χ2n) is 6.54. The van der Waals surface area contributed by atoms with E-state index in [4.69, 9.17) is 16.1 Å². The molecule has 2 aromatic carbocycles. The summed E-state index contributed by atoms with van der Waals surface area (Å²) in [5, 5.41) is 5.29. The number of H-pyrrole nitrogens is 1. The standard InChI is InChI=1S/C21H11ClF3N3OS/c22-15-10-26-16-7-6-12(8-14(15)16)19-27-20(29-28-19)17-9-13(11-4-2-1-3-5-11)18(30-17)21(23,24)25/h1-10,26H. The summed E-state index contributed by atoms with van der Waals surface area (Å²) in [6.07, 6.45) is -2.82. The molecule has 0 aliphatic rings. The summed E-state index contributed by atoms with van der Waals surface area (Å²) in [6, 6.07) is 15.3. The van der Waals surface area contributed by atoms with Gasteiger partial charge in [-0.2, -0.15) is 18.2 Å². The first-order valence-electron chi connectivity index (χ1n) is 8.78. The molecule has 0 aliphatic heterocycles. The highest BCUT2D eigenvalue weighted by Gasteiger charge is 2.37. The fourth-order valence-electron chi connectivity index (χ4n) is 3.21. The lowest BCUT2D eigenvalue weighted by molar-refractivity contribution is -0.133. The minimum atomic E-state index is -4.49. The lowest BCUT2D eigenvalue weighted by atomic mass is 10.1. The van der Waals surface area contributed by atoms with Crippen molar-refractivity contribution < 1.29 is 17.7 Å². The molecule has 0 spiro atoms. The molecule has 0 saturated carbocycles. The molecular weight excluding hydrogens is 435 g/mol. The number of hydrogen-bond donors (Lipinski definition) is 1. The van der Waals surface area contributed by atoms with Crippen molar-refractivity contribution in [1.29, 1.82) is 0 Å². The maximum absolute atomic E-state index is 13.6. The van der Waals surface area contributed by atoms with Crippen LogP contribution < -0.4 is 0 Å². The molecule has 5 aromatic rings. The van der Waals surface area contributed by atoms with Crippen LogP contribution in [0.15, 0.2) is 65.3 Å². The van der Waals surface area contributed by atoms with Crippen molar-refractivity contribution in [3.05, 3.63) is 70.7 Å². The summed E-state index contributed by atoms with van der Waals surface area (Å²) in [4.78, 5) is 6.89. The van der Waals surface area contributed by atoms with Gasteiger partial charge in [-0.3, -0.25) is 0 Å². The third-order valence-corrected chi connectivity index (χ3v) is 6.08. The van der Waals surface area contributed by atoms with Gasteiger partial charge < -0.3 is 9.51 Å². The number of halogens is 4. The lowest BCUT2D eigenvalue weighted by Gasteiger charge is -2.07. The van der Waals surface area contributed by atoms with Crippen LogP contribution in [0.1, 0.15) is 4.88 Å². The topological polar surface area (TPSA) is 54.7 Å². The average Bonchev–Trinajstić information content (AvgIpc) is 3.46. The third kappa shape index (κ3) is 3.28. The Hall–Kier alpha value is -3.10. The molecule has 3 heterocycles. The first-order chi connectivity index (χ1) is 14.4. The number of benzene rings is 2. The molecule has 0 bridgehead atoms. The van der Waals surface area contributed by atoms with E-state index in [0.29, 0.717) is 27.5 Å². The van der Waals surface area contributed by atoms with E-state index in [9.17, 15) is 13.2 Å². The van der Waals surface area contributed by atoms with Gasteiger partial charge in [-0.25, -0.2) is 0 Å². The highest BCUT2D eigenvalue weighted by atomic mass is 35.5. The van der Waals surface area contributed by atoms with Gasteiger partial charge in [-0.1, -0.05) is 47.1 Å². The maximum Gasteiger partial charge on any atom is 0.426 e. The Morgan fingerprint density at radius 2 is 1.80 bits per heavy atom. The number of aromatic nitrogens is 3. The van der Waals surface area contributed by atoms with E-state index in [1.54, 1.807) is 48.7 Å². The monoisotopic (exact) mass is 445 g/mol. The number of aromatic amines is 1. The Kier molecular flexibility index (Phi) is 4.41. The molecular formula is C21H11ClF3N3OS. The molecule has 1 N–H and O–H groups in total. The minimum Gasteiger partial charge on any atom is -0.360 e. The quantitative estimate of drug-likeness (QED) is 0.317. The second kappa shape index (κ2) is 7.00. The summed E-state index contributed by atoms with van der Waals surface area (Å²) >= 11 is 6.74. The lowest BCUT2D eigenvalue weighted by Crippen LogP contribution is -2.03. The van der Waals surface area contributed by atoms with E-state index < -0.39 is 11.1 Å². The van der Waals surface area contributed by atoms with Gasteiger partial charge in [0.05, 0.1) is 9.90 Å². The van der Waals surface area contributed by atoms with Crippen LogP contribution in [-0.4, -0.2) is 15.1 Å². The van der Waals surface area contributed by atoms with E-state index in [1.807, 2.05) is 6.07 Å². The van der Waals surface area contributed by atoms with Crippen LogP contribution in [0.4, 0.5) is 13.2 Å². The van der Waals surface area contributed by atoms with Crippen molar-refractivity contribution in [3.8, 4) is 33.3 Å². The number of thiophene rings is 1. The van der Waals surface area contributed by atoms with Gasteiger partial charge in [0.15, 0.2) is 0 Å². The summed E-state index contributed by atoms with van der Waals surface area (Å²) in [6.45, 7) is 0. The van der Waals surface area contributed by atoms with Crippen LogP contribution >= 0.6 is 22.9 Å². The average molecular weight is 446 g/mol. The van der Waals surface area contributed by atoms with Gasteiger partial charge in [0.25, 0.3) is 5.89 Å². The van der Waals surface area contributed by atoms with E-state index in [-0.39, 0.29) is 22.2 Å². The molecule has 9 heteroatoms. The molecule has 0 atom stereocenters. The van der Waals surface area contributed by atoms with Crippen LogP contribution in [0.3, 0.4) is 0 Å². The highest BCUT2D eigenvalue weighted by molar-refractivity contribution is 7.16. The molecule has 5 rings (SSSR count). The molecule has 0 aliphatic carbocycles. The molecule has 0 saturated heterocycles. The summed E-state index contributed by atoms with van der Waals surface area (Å²) < 4.78 is 46.1. The van der Waals surface area contributed by atoms with Crippen LogP contribution in [-0.2, 0) is 6.18 Å². The van der Waals surface area contributed by atoms with Crippen molar-refractivity contribution in [1.82, 2.24) is 15.1 Å². The predicted octanol–water partition coefficient (Wildman–Crippen LogP) is 7.29. The molecule has 3 aromatic heterocycles. The summed E-state index contributed by atoms with van der Waals surface area (Å²) in [7, 11) is 0. The van der Waals surface area contributed by atoms with Crippen LogP contribution in [0.25, 0.3) is 44.2 Å². The van der Waals surface area contributed by atoms with Gasteiger partial charge in [0.2, 0.25) is 5.82 Å². The third-order valence-electron chi connectivity index (χ3n) is 4.60. The molecule has 0 fully saturated rings. The van der Waals surface area contributed by atoms with Gasteiger partial charge in [-0.05, 0) is 29.8 Å². The summed E-state index contributed by atoms with van der Waals surface area (Å²) in [5.74, 6) is 0.301. The zero-order valence-corrected chi connectivity index (χ0v) is 16.6. The maximum atomic E-state index is 13.6. The number of alkyl halides is 3. The van der Waals surface area contributed by atoms with Crippen LogP contribution in [0.2, 0.25) is 5.02 Å². The van der Waals surface area contributed by atoms with Crippen LogP contribution in [0, 0.1) is 0 Å². The largest absolute Gasteiger partial charge is 0.426 e. The SMILES string of the molecule is FC(F)(F)c1sc(-c2nc(-c3ccc4[nH]cc(Cl)c4c3)no2)cc1-c1ccccc1. The molecule has 0 amide bonds. The summed E-state index contributed by atoms with van der Waals surface area (Å²) in [5.41, 5.74) is 2.06. The van der Waals surface area contributed by atoms with Crippen molar-refractivity contribution in [2.75, 3.05) is 0 Å². The Balaban J connectivity index is 1.57. The van der Waals surface area contributed by atoms with E-state index in [1.165, 1.54) is 6.07 Å². The Labute approximate surface area is 176 Å². The van der Waals surface area contributed by atoms with Gasteiger partial charge in [0, 0.05) is 28.2 Å². The Morgan fingerprint density at radius 1 is 1.00 bits per heavy atom. The normalized spacial score (nSPS) is 12.0. The molecule has 4 nitrogen and oxygen atoms in total. The number of nitrogens with one attached hydrogen (secondary N) is 1. The molecule has 0 radical (unpaired) electrons. The van der Waals surface area contributed by atoms with Gasteiger partial charge >= 0.3 is 6.18 Å². The van der Waals surface area contributed by atoms with Gasteiger partial charge in [-0.15, -0.1) is 11.3 Å². The van der Waals surface area contributed by atoms with Crippen molar-refractivity contribution >= 4 is 33.8 Å². The predicted molar refractivity (Wildman–Crippen MR) is 110 cm³/mol. The second-order valence-corrected chi connectivity index (χ2v) is 8.00. The zero-order valence-electron chi connectivity index (χ0n) is 15.0. The highest BCUT2D eigenvalue weighted by Crippen LogP contribution is 2.45. The first-order valence-corrected chi connectivity index (χ1v) is 9.97. The Bertz CT molecular complexity index is 1360. The van der Waals surface area contributed by atoms with Crippen LogP contribution in [0.5, 0.6) is 0 Å². The van der Waals surface area contributed by atoms with Crippen molar-refractivity contribution in [3.63, 3.8) is 0 Å². The van der Waals surface area contributed by atoms with Crippen molar-refractivity contribution in [2.24, 2.45) is 0 Å².